The molecule has 2 heteroatoms. The first-order chi connectivity index (χ1) is 11.8. The topological polar surface area (TPSA) is 12.5 Å². The maximum absolute atomic E-state index is 6.23. The van der Waals surface area contributed by atoms with E-state index in [0.29, 0.717) is 18.2 Å². The molecule has 24 heavy (non-hydrogen) atoms. The third-order valence-corrected chi connectivity index (χ3v) is 5.34. The number of benzene rings is 2. The highest BCUT2D eigenvalue weighted by atomic mass is 16.5. The van der Waals surface area contributed by atoms with Crippen LogP contribution >= 0.6 is 0 Å². The Labute approximate surface area is 144 Å². The number of fused-ring (bicyclic) bond motifs is 2. The smallest absolute Gasteiger partial charge is 0.119 e. The van der Waals surface area contributed by atoms with E-state index in [4.69, 9.17) is 4.74 Å². The van der Waals surface area contributed by atoms with Crippen LogP contribution in [-0.4, -0.2) is 30.1 Å². The summed E-state index contributed by atoms with van der Waals surface area (Å²) in [6, 6.07) is 19.7. The van der Waals surface area contributed by atoms with Crippen molar-refractivity contribution in [2.45, 2.75) is 43.9 Å². The molecule has 2 fully saturated rings. The quantitative estimate of drug-likeness (QED) is 0.774. The van der Waals surface area contributed by atoms with Gasteiger partial charge in [0.15, 0.2) is 0 Å². The van der Waals surface area contributed by atoms with Crippen LogP contribution < -0.4 is 4.74 Å². The molecule has 2 aromatic rings. The summed E-state index contributed by atoms with van der Waals surface area (Å²) in [7, 11) is 2.26. The van der Waals surface area contributed by atoms with Crippen molar-refractivity contribution < 1.29 is 4.74 Å². The Kier molecular flexibility index (Phi) is 4.28. The van der Waals surface area contributed by atoms with Crippen LogP contribution in [0.5, 0.6) is 5.75 Å². The molecule has 2 nitrogen and oxygen atoms in total. The summed E-state index contributed by atoms with van der Waals surface area (Å²) in [6.45, 7) is 0. The Hall–Kier alpha value is -2.24. The Morgan fingerprint density at radius 2 is 1.42 bits per heavy atom. The summed E-state index contributed by atoms with van der Waals surface area (Å²) in [5.74, 6) is 7.37. The zero-order valence-corrected chi connectivity index (χ0v) is 14.1. The predicted octanol–water partition coefficient (Wildman–Crippen LogP) is 4.09. The lowest BCUT2D eigenvalue weighted by atomic mass is 10.0. The normalized spacial score (nSPS) is 25.8. The number of hydrogen-bond donors (Lipinski definition) is 0. The molecule has 0 amide bonds. The number of ether oxygens (including phenoxy) is 1. The van der Waals surface area contributed by atoms with Crippen molar-refractivity contribution in [3.63, 3.8) is 0 Å². The van der Waals surface area contributed by atoms with Gasteiger partial charge in [0.05, 0.1) is 0 Å². The standard InChI is InChI=1S/C22H23NO/c1-23-19-11-12-20(23)16-22(15-19)24-21-13-9-18(10-14-21)8-7-17-5-3-2-4-6-17/h2-6,9-10,13-14,19-20,22H,11-12,15-16H2,1H3. The summed E-state index contributed by atoms with van der Waals surface area (Å²) in [5, 5.41) is 0. The van der Waals surface area contributed by atoms with E-state index in [-0.39, 0.29) is 0 Å². The van der Waals surface area contributed by atoms with Gasteiger partial charge in [-0.1, -0.05) is 30.0 Å². The van der Waals surface area contributed by atoms with Gasteiger partial charge in [0.25, 0.3) is 0 Å². The lowest BCUT2D eigenvalue weighted by molar-refractivity contribution is 0.0662. The molecular weight excluding hydrogens is 294 g/mol. The van der Waals surface area contributed by atoms with Crippen molar-refractivity contribution in [2.75, 3.05) is 7.05 Å². The van der Waals surface area contributed by atoms with E-state index >= 15 is 0 Å². The summed E-state index contributed by atoms with van der Waals surface area (Å²) in [4.78, 5) is 2.54. The van der Waals surface area contributed by atoms with Gasteiger partial charge in [-0.3, -0.25) is 0 Å². The molecule has 2 unspecified atom stereocenters. The minimum absolute atomic E-state index is 0.361. The summed E-state index contributed by atoms with van der Waals surface area (Å²) < 4.78 is 6.23. The van der Waals surface area contributed by atoms with Crippen molar-refractivity contribution in [3.8, 4) is 17.6 Å². The maximum atomic E-state index is 6.23. The zero-order valence-electron chi connectivity index (χ0n) is 14.1. The average Bonchev–Trinajstić information content (AvgIpc) is 2.83. The summed E-state index contributed by atoms with van der Waals surface area (Å²) in [5.41, 5.74) is 2.06. The van der Waals surface area contributed by atoms with Crippen LogP contribution in [0.1, 0.15) is 36.8 Å². The van der Waals surface area contributed by atoms with Crippen LogP contribution in [0, 0.1) is 11.8 Å². The van der Waals surface area contributed by atoms with Gasteiger partial charge >= 0.3 is 0 Å². The first-order valence-corrected chi connectivity index (χ1v) is 8.83. The minimum atomic E-state index is 0.361. The number of rotatable bonds is 2. The fraction of sp³-hybridized carbons (Fsp3) is 0.364. The van der Waals surface area contributed by atoms with Gasteiger partial charge in [-0.15, -0.1) is 0 Å². The van der Waals surface area contributed by atoms with Gasteiger partial charge in [0, 0.05) is 23.2 Å². The van der Waals surface area contributed by atoms with Crippen LogP contribution in [-0.2, 0) is 0 Å². The van der Waals surface area contributed by atoms with Crippen molar-refractivity contribution in [1.82, 2.24) is 4.90 Å². The molecule has 4 rings (SSSR count). The Balaban J connectivity index is 1.39. The highest BCUT2D eigenvalue weighted by molar-refractivity contribution is 5.44. The van der Waals surface area contributed by atoms with Crippen molar-refractivity contribution >= 4 is 0 Å². The third kappa shape index (κ3) is 3.32. The van der Waals surface area contributed by atoms with E-state index in [1.807, 2.05) is 30.3 Å². The molecule has 0 aromatic heterocycles. The molecule has 2 aliphatic rings. The largest absolute Gasteiger partial charge is 0.490 e. The Bertz CT molecular complexity index is 727. The Morgan fingerprint density at radius 3 is 2.04 bits per heavy atom. The van der Waals surface area contributed by atoms with Crippen LogP contribution in [0.15, 0.2) is 54.6 Å². The van der Waals surface area contributed by atoms with Crippen molar-refractivity contribution in [1.29, 1.82) is 0 Å². The Morgan fingerprint density at radius 1 is 0.833 bits per heavy atom. The van der Waals surface area contributed by atoms with Gasteiger partial charge in [0.1, 0.15) is 11.9 Å². The molecule has 0 N–H and O–H groups in total. The lowest BCUT2D eigenvalue weighted by Crippen LogP contribution is -2.43. The minimum Gasteiger partial charge on any atom is -0.490 e. The van der Waals surface area contributed by atoms with Crippen LogP contribution in [0.3, 0.4) is 0 Å². The highest BCUT2D eigenvalue weighted by Gasteiger charge is 2.39. The fourth-order valence-corrected chi connectivity index (χ4v) is 3.93. The second-order valence-corrected chi connectivity index (χ2v) is 6.90. The van der Waals surface area contributed by atoms with Gasteiger partial charge < -0.3 is 9.64 Å². The molecule has 2 atom stereocenters. The van der Waals surface area contributed by atoms with Gasteiger partial charge in [-0.2, -0.15) is 0 Å². The summed E-state index contributed by atoms with van der Waals surface area (Å²) in [6.07, 6.45) is 5.33. The van der Waals surface area contributed by atoms with Crippen LogP contribution in [0.25, 0.3) is 0 Å². The molecular formula is C22H23NO. The van der Waals surface area contributed by atoms with Gasteiger partial charge in [-0.05, 0) is 69.1 Å². The molecule has 122 valence electrons. The van der Waals surface area contributed by atoms with E-state index in [9.17, 15) is 0 Å². The van der Waals surface area contributed by atoms with Gasteiger partial charge in [0.2, 0.25) is 0 Å². The molecule has 2 bridgehead atoms. The molecule has 2 heterocycles. The fourth-order valence-electron chi connectivity index (χ4n) is 3.93. The molecule has 2 aromatic carbocycles. The highest BCUT2D eigenvalue weighted by Crippen LogP contribution is 2.35. The van der Waals surface area contributed by atoms with Crippen molar-refractivity contribution in [3.05, 3.63) is 65.7 Å². The van der Waals surface area contributed by atoms with Crippen LogP contribution in [0.2, 0.25) is 0 Å². The van der Waals surface area contributed by atoms with E-state index < -0.39 is 0 Å². The molecule has 0 spiro atoms. The molecule has 0 aliphatic carbocycles. The zero-order chi connectivity index (χ0) is 16.4. The predicted molar refractivity (Wildman–Crippen MR) is 97.1 cm³/mol. The number of hydrogen-bond acceptors (Lipinski definition) is 2. The second-order valence-electron chi connectivity index (χ2n) is 6.90. The lowest BCUT2D eigenvalue weighted by Gasteiger charge is -2.36. The summed E-state index contributed by atoms with van der Waals surface area (Å²) >= 11 is 0. The van der Waals surface area contributed by atoms with E-state index in [2.05, 4.69) is 48.1 Å². The molecule has 0 saturated carbocycles. The molecule has 0 radical (unpaired) electrons. The van der Waals surface area contributed by atoms with E-state index in [0.717, 1.165) is 29.7 Å². The first-order valence-electron chi connectivity index (χ1n) is 8.83. The third-order valence-electron chi connectivity index (χ3n) is 5.34. The van der Waals surface area contributed by atoms with Gasteiger partial charge in [-0.25, -0.2) is 0 Å². The molecule has 2 saturated heterocycles. The van der Waals surface area contributed by atoms with E-state index in [1.54, 1.807) is 0 Å². The maximum Gasteiger partial charge on any atom is 0.119 e. The van der Waals surface area contributed by atoms with Crippen LogP contribution in [0.4, 0.5) is 0 Å². The van der Waals surface area contributed by atoms with E-state index in [1.165, 1.54) is 12.8 Å². The van der Waals surface area contributed by atoms with Crippen molar-refractivity contribution in [2.24, 2.45) is 0 Å². The number of piperidine rings is 1. The monoisotopic (exact) mass is 317 g/mol. The SMILES string of the molecule is CN1C2CCC1CC(Oc1ccc(C#Cc3ccccc3)cc1)C2. The second kappa shape index (κ2) is 6.71. The molecule has 2 aliphatic heterocycles. The first kappa shape index (κ1) is 15.3. The average molecular weight is 317 g/mol. The number of nitrogens with zero attached hydrogens (tertiary/aromatic N) is 1.